The van der Waals surface area contributed by atoms with Crippen LogP contribution in [0.5, 0.6) is 0 Å². The minimum absolute atomic E-state index is 0.247. The predicted octanol–water partition coefficient (Wildman–Crippen LogP) is 5.73. The first-order valence-corrected chi connectivity index (χ1v) is 11.1. The van der Waals surface area contributed by atoms with Gasteiger partial charge in [-0.2, -0.15) is 9.59 Å². The van der Waals surface area contributed by atoms with Gasteiger partial charge in [-0.25, -0.2) is 29.1 Å². The smallest absolute Gasteiger partial charge is 0.432 e. The van der Waals surface area contributed by atoms with Gasteiger partial charge in [-0.15, -0.1) is 0 Å². The molecule has 2 aromatic carbocycles. The molecule has 0 fully saturated rings. The molecular weight excluding hydrogens is 460 g/mol. The van der Waals surface area contributed by atoms with Crippen LogP contribution in [0.4, 0.5) is 9.59 Å². The zero-order valence-electron chi connectivity index (χ0n) is 20.0. The van der Waals surface area contributed by atoms with E-state index in [-0.39, 0.29) is 13.2 Å². The first-order valence-electron chi connectivity index (χ1n) is 11.1. The minimum atomic E-state index is -1.01. The Kier molecular flexibility index (Phi) is 14.4. The molecule has 0 aromatic heterocycles. The second kappa shape index (κ2) is 17.4. The Morgan fingerprint density at radius 2 is 1.03 bits per heavy atom. The predicted molar refractivity (Wildman–Crippen MR) is 123 cm³/mol. The fourth-order valence-corrected chi connectivity index (χ4v) is 2.15. The molecule has 10 nitrogen and oxygen atoms in total. The first kappa shape index (κ1) is 29.0. The standard InChI is InChI=1S/C13H16O5.C12H14O5/c1-3-4-9-16-13(15)18-17-12(14)11-7-5-10(2)6-8-11;1-2-3-9-15-12(14)17-16-11(13)10-7-5-4-6-8-10/h5-8H,3-4,9H2,1-2H3;4-8H,2-3,9H2,1H3. The van der Waals surface area contributed by atoms with Crippen LogP contribution in [0.2, 0.25) is 0 Å². The molecule has 0 aliphatic carbocycles. The number of ether oxygens (including phenoxy) is 2. The van der Waals surface area contributed by atoms with Crippen molar-refractivity contribution in [3.8, 4) is 0 Å². The summed E-state index contributed by atoms with van der Waals surface area (Å²) in [5.41, 5.74) is 1.63. The van der Waals surface area contributed by atoms with Crippen LogP contribution in [0.1, 0.15) is 65.8 Å². The number of aryl methyl sites for hydroxylation is 1. The van der Waals surface area contributed by atoms with Crippen molar-refractivity contribution in [2.45, 2.75) is 46.5 Å². The van der Waals surface area contributed by atoms with Crippen LogP contribution < -0.4 is 0 Å². The third-order valence-electron chi connectivity index (χ3n) is 4.10. The number of carbonyl (C=O) groups is 4. The third kappa shape index (κ3) is 13.3. The summed E-state index contributed by atoms with van der Waals surface area (Å²) in [6.45, 7) is 6.32. The van der Waals surface area contributed by atoms with Crippen molar-refractivity contribution in [2.24, 2.45) is 0 Å². The van der Waals surface area contributed by atoms with E-state index in [2.05, 4.69) is 29.0 Å². The number of hydrogen-bond donors (Lipinski definition) is 0. The Morgan fingerprint density at radius 1 is 0.600 bits per heavy atom. The number of hydrogen-bond acceptors (Lipinski definition) is 10. The van der Waals surface area contributed by atoms with Crippen LogP contribution in [0.15, 0.2) is 54.6 Å². The van der Waals surface area contributed by atoms with Crippen LogP contribution in [0.3, 0.4) is 0 Å². The van der Waals surface area contributed by atoms with E-state index in [1.165, 1.54) is 0 Å². The van der Waals surface area contributed by atoms with Crippen molar-refractivity contribution < 1.29 is 48.2 Å². The lowest BCUT2D eigenvalue weighted by Crippen LogP contribution is -2.13. The molecule has 0 unspecified atom stereocenters. The summed E-state index contributed by atoms with van der Waals surface area (Å²) in [7, 11) is 0. The molecule has 0 spiro atoms. The molecule has 190 valence electrons. The fraction of sp³-hybridized carbons (Fsp3) is 0.360. The van der Waals surface area contributed by atoms with E-state index in [0.717, 1.165) is 31.2 Å². The summed E-state index contributed by atoms with van der Waals surface area (Å²) >= 11 is 0. The Morgan fingerprint density at radius 3 is 1.46 bits per heavy atom. The third-order valence-corrected chi connectivity index (χ3v) is 4.10. The second-order valence-corrected chi connectivity index (χ2v) is 7.04. The molecule has 2 aromatic rings. The van der Waals surface area contributed by atoms with Gasteiger partial charge in [-0.05, 0) is 44.0 Å². The highest BCUT2D eigenvalue weighted by molar-refractivity contribution is 5.89. The van der Waals surface area contributed by atoms with E-state index >= 15 is 0 Å². The monoisotopic (exact) mass is 490 g/mol. The highest BCUT2D eigenvalue weighted by Crippen LogP contribution is 2.06. The zero-order valence-corrected chi connectivity index (χ0v) is 20.0. The zero-order chi connectivity index (χ0) is 25.9. The van der Waals surface area contributed by atoms with Gasteiger partial charge in [0.1, 0.15) is 0 Å². The van der Waals surface area contributed by atoms with Gasteiger partial charge in [-0.3, -0.25) is 0 Å². The van der Waals surface area contributed by atoms with Crippen LogP contribution in [0, 0.1) is 6.92 Å². The SMILES string of the molecule is CCCCOC(=O)OOC(=O)c1ccc(C)cc1.CCCCOC(=O)OOC(=O)c1ccccc1. The number of rotatable bonds is 8. The molecule has 2 rings (SSSR count). The highest BCUT2D eigenvalue weighted by atomic mass is 17.2. The largest absolute Gasteiger partial charge is 0.549 e. The number of benzene rings is 2. The molecule has 10 heteroatoms. The van der Waals surface area contributed by atoms with E-state index in [9.17, 15) is 19.2 Å². The molecule has 0 atom stereocenters. The number of unbranched alkanes of at least 4 members (excludes halogenated alkanes) is 2. The molecule has 35 heavy (non-hydrogen) atoms. The normalized spacial score (nSPS) is 9.57. The summed E-state index contributed by atoms with van der Waals surface area (Å²) in [5, 5.41) is 0. The van der Waals surface area contributed by atoms with Gasteiger partial charge in [0, 0.05) is 0 Å². The van der Waals surface area contributed by atoms with Crippen LogP contribution in [0.25, 0.3) is 0 Å². The van der Waals surface area contributed by atoms with Crippen LogP contribution in [-0.2, 0) is 29.0 Å². The molecule has 0 aliphatic rings. The van der Waals surface area contributed by atoms with Gasteiger partial charge in [-0.1, -0.05) is 62.6 Å². The maximum atomic E-state index is 11.4. The molecule has 0 bridgehead atoms. The second-order valence-electron chi connectivity index (χ2n) is 7.04. The molecule has 0 amide bonds. The molecule has 0 heterocycles. The summed E-state index contributed by atoms with van der Waals surface area (Å²) in [5.74, 6) is -1.47. The Hall–Kier alpha value is -4.08. The molecular formula is C25H30O10. The maximum absolute atomic E-state index is 11.4. The highest BCUT2D eigenvalue weighted by Gasteiger charge is 2.13. The molecule has 0 saturated carbocycles. The number of carbonyl (C=O) groups excluding carboxylic acids is 4. The van der Waals surface area contributed by atoms with Gasteiger partial charge in [0.05, 0.1) is 24.3 Å². The summed E-state index contributed by atoms with van der Waals surface area (Å²) in [6.07, 6.45) is 1.25. The van der Waals surface area contributed by atoms with Gasteiger partial charge in [0.25, 0.3) is 0 Å². The minimum Gasteiger partial charge on any atom is -0.432 e. The molecule has 0 radical (unpaired) electrons. The van der Waals surface area contributed by atoms with Crippen molar-refractivity contribution in [1.82, 2.24) is 0 Å². The fourth-order valence-electron chi connectivity index (χ4n) is 2.15. The van der Waals surface area contributed by atoms with E-state index in [1.807, 2.05) is 20.8 Å². The van der Waals surface area contributed by atoms with Crippen molar-refractivity contribution in [1.29, 1.82) is 0 Å². The lowest BCUT2D eigenvalue weighted by molar-refractivity contribution is -0.203. The molecule has 0 saturated heterocycles. The van der Waals surface area contributed by atoms with E-state index in [0.29, 0.717) is 11.1 Å². The van der Waals surface area contributed by atoms with E-state index < -0.39 is 24.2 Å². The Labute approximate surface area is 203 Å². The topological polar surface area (TPSA) is 124 Å². The van der Waals surface area contributed by atoms with Gasteiger partial charge < -0.3 is 9.47 Å². The van der Waals surface area contributed by atoms with Crippen molar-refractivity contribution in [3.63, 3.8) is 0 Å². The Balaban J connectivity index is 0.000000351. The average Bonchev–Trinajstić information content (AvgIpc) is 2.87. The van der Waals surface area contributed by atoms with Crippen LogP contribution >= 0.6 is 0 Å². The Bertz CT molecular complexity index is 910. The lowest BCUT2D eigenvalue weighted by Gasteiger charge is -2.04. The molecule has 0 aliphatic heterocycles. The van der Waals surface area contributed by atoms with Crippen molar-refractivity contribution in [3.05, 3.63) is 71.3 Å². The summed E-state index contributed by atoms with van der Waals surface area (Å²) < 4.78 is 9.28. The molecule has 0 N–H and O–H groups in total. The van der Waals surface area contributed by atoms with Gasteiger partial charge in [0.15, 0.2) is 0 Å². The quantitative estimate of drug-likeness (QED) is 0.196. The first-order chi connectivity index (χ1) is 16.9. The van der Waals surface area contributed by atoms with Crippen LogP contribution in [-0.4, -0.2) is 37.5 Å². The van der Waals surface area contributed by atoms with E-state index in [1.54, 1.807) is 54.6 Å². The van der Waals surface area contributed by atoms with Gasteiger partial charge >= 0.3 is 24.2 Å². The summed E-state index contributed by atoms with van der Waals surface area (Å²) in [6, 6.07) is 14.9. The van der Waals surface area contributed by atoms with Crippen molar-refractivity contribution in [2.75, 3.05) is 13.2 Å². The summed E-state index contributed by atoms with van der Waals surface area (Å²) in [4.78, 5) is 61.8. The van der Waals surface area contributed by atoms with E-state index in [4.69, 9.17) is 0 Å². The van der Waals surface area contributed by atoms with Crippen molar-refractivity contribution >= 4 is 24.2 Å². The lowest BCUT2D eigenvalue weighted by atomic mass is 10.2. The maximum Gasteiger partial charge on any atom is 0.549 e. The van der Waals surface area contributed by atoms with Gasteiger partial charge in [0.2, 0.25) is 0 Å². The average molecular weight is 491 g/mol.